The summed E-state index contributed by atoms with van der Waals surface area (Å²) in [7, 11) is 0. The Bertz CT molecular complexity index is 794. The van der Waals surface area contributed by atoms with Crippen molar-refractivity contribution in [3.63, 3.8) is 0 Å². The first-order valence-corrected chi connectivity index (χ1v) is 7.65. The van der Waals surface area contributed by atoms with Crippen LogP contribution in [0.4, 0.5) is 4.79 Å². The number of benzene rings is 1. The van der Waals surface area contributed by atoms with Gasteiger partial charge in [-0.1, -0.05) is 12.1 Å². The molecular formula is C18H17N3O3. The number of ether oxygens (including phenoxy) is 1. The number of nitriles is 1. The Balaban J connectivity index is 1.68. The summed E-state index contributed by atoms with van der Waals surface area (Å²) in [4.78, 5) is 14.8. The van der Waals surface area contributed by atoms with Gasteiger partial charge in [0.05, 0.1) is 24.4 Å². The predicted octanol–water partition coefficient (Wildman–Crippen LogP) is 3.05. The molecule has 1 amide bonds. The quantitative estimate of drug-likeness (QED) is 0.852. The van der Waals surface area contributed by atoms with Crippen molar-refractivity contribution in [3.05, 3.63) is 48.3 Å². The van der Waals surface area contributed by atoms with E-state index in [1.807, 2.05) is 18.2 Å². The van der Waals surface area contributed by atoms with Gasteiger partial charge < -0.3 is 15.2 Å². The van der Waals surface area contributed by atoms with E-state index in [1.54, 1.807) is 24.5 Å². The molecule has 0 unspecified atom stereocenters. The van der Waals surface area contributed by atoms with Crippen LogP contribution in [0.2, 0.25) is 0 Å². The van der Waals surface area contributed by atoms with Crippen LogP contribution in [0.3, 0.4) is 0 Å². The van der Waals surface area contributed by atoms with E-state index in [-0.39, 0.29) is 5.41 Å². The Hall–Kier alpha value is -3.07. The molecule has 3 rings (SSSR count). The monoisotopic (exact) mass is 323 g/mol. The normalized spacial score (nSPS) is 14.5. The average Bonchev–Trinajstić information content (AvgIpc) is 3.39. The highest BCUT2D eigenvalue weighted by molar-refractivity contribution is 5.65. The lowest BCUT2D eigenvalue weighted by molar-refractivity contribution is 0.184. The van der Waals surface area contributed by atoms with Gasteiger partial charge in [-0.3, -0.25) is 4.98 Å². The first kappa shape index (κ1) is 15.8. The van der Waals surface area contributed by atoms with Crippen molar-refractivity contribution >= 4 is 6.09 Å². The smallest absolute Gasteiger partial charge is 0.404 e. The molecule has 1 aromatic heterocycles. The van der Waals surface area contributed by atoms with Gasteiger partial charge in [0.15, 0.2) is 0 Å². The highest BCUT2D eigenvalue weighted by Gasteiger charge is 2.43. The fourth-order valence-electron chi connectivity index (χ4n) is 2.47. The molecule has 1 aromatic carbocycles. The summed E-state index contributed by atoms with van der Waals surface area (Å²) in [5, 5.41) is 20.1. The van der Waals surface area contributed by atoms with Gasteiger partial charge in [-0.15, -0.1) is 0 Å². The van der Waals surface area contributed by atoms with Crippen LogP contribution < -0.4 is 10.1 Å². The maximum Gasteiger partial charge on any atom is 0.404 e. The second kappa shape index (κ2) is 6.59. The van der Waals surface area contributed by atoms with Crippen LogP contribution in [0, 0.1) is 16.7 Å². The van der Waals surface area contributed by atoms with E-state index in [9.17, 15) is 4.79 Å². The second-order valence-corrected chi connectivity index (χ2v) is 6.05. The van der Waals surface area contributed by atoms with E-state index in [2.05, 4.69) is 16.4 Å². The van der Waals surface area contributed by atoms with Crippen LogP contribution in [0.1, 0.15) is 18.4 Å². The Morgan fingerprint density at radius 3 is 2.88 bits per heavy atom. The Kier molecular flexibility index (Phi) is 4.34. The molecule has 0 saturated heterocycles. The van der Waals surface area contributed by atoms with Crippen molar-refractivity contribution < 1.29 is 14.6 Å². The number of rotatable bonds is 6. The second-order valence-electron chi connectivity index (χ2n) is 6.05. The molecule has 1 aliphatic rings. The first-order valence-electron chi connectivity index (χ1n) is 7.65. The van der Waals surface area contributed by atoms with Gasteiger partial charge >= 0.3 is 6.09 Å². The fourth-order valence-corrected chi connectivity index (χ4v) is 2.47. The molecule has 1 saturated carbocycles. The van der Waals surface area contributed by atoms with Crippen molar-refractivity contribution in [3.8, 4) is 22.9 Å². The topological polar surface area (TPSA) is 95.2 Å². The van der Waals surface area contributed by atoms with Crippen molar-refractivity contribution in [2.75, 3.05) is 13.2 Å². The summed E-state index contributed by atoms with van der Waals surface area (Å²) < 4.78 is 5.82. The van der Waals surface area contributed by atoms with Gasteiger partial charge in [0.1, 0.15) is 5.75 Å². The molecule has 24 heavy (non-hydrogen) atoms. The zero-order chi connectivity index (χ0) is 17.0. The number of carbonyl (C=O) groups is 1. The molecule has 122 valence electrons. The maximum atomic E-state index is 10.6. The van der Waals surface area contributed by atoms with Gasteiger partial charge in [-0.05, 0) is 36.6 Å². The lowest BCUT2D eigenvalue weighted by atomic mass is 10.1. The molecule has 6 nitrogen and oxygen atoms in total. The summed E-state index contributed by atoms with van der Waals surface area (Å²) in [5.41, 5.74) is 2.27. The molecule has 1 fully saturated rings. The van der Waals surface area contributed by atoms with Crippen molar-refractivity contribution in [2.45, 2.75) is 12.8 Å². The number of hydrogen-bond donors (Lipinski definition) is 2. The molecule has 0 bridgehead atoms. The number of nitrogens with zero attached hydrogens (tertiary/aromatic N) is 2. The minimum Gasteiger partial charge on any atom is -0.491 e. The molecular weight excluding hydrogens is 306 g/mol. The minimum atomic E-state index is -1.01. The third-order valence-corrected chi connectivity index (χ3v) is 4.15. The van der Waals surface area contributed by atoms with Gasteiger partial charge in [0.2, 0.25) is 0 Å². The summed E-state index contributed by atoms with van der Waals surface area (Å²) in [5.74, 6) is 0.636. The van der Waals surface area contributed by atoms with E-state index in [0.717, 1.165) is 24.0 Å². The molecule has 2 N–H and O–H groups in total. The van der Waals surface area contributed by atoms with Crippen LogP contribution in [0.5, 0.6) is 5.75 Å². The fraction of sp³-hybridized carbons (Fsp3) is 0.278. The number of amides is 1. The lowest BCUT2D eigenvalue weighted by Gasteiger charge is -2.16. The van der Waals surface area contributed by atoms with Crippen LogP contribution in [-0.4, -0.2) is 29.3 Å². The first-order chi connectivity index (χ1) is 11.6. The SMILES string of the molecule is N#Cc1cccc(-c2cncc(OCC3(CNC(=O)O)CC3)c2)c1. The predicted molar refractivity (Wildman–Crippen MR) is 87.6 cm³/mol. The molecule has 6 heteroatoms. The summed E-state index contributed by atoms with van der Waals surface area (Å²) in [6.07, 6.45) is 4.25. The third-order valence-electron chi connectivity index (χ3n) is 4.15. The van der Waals surface area contributed by atoms with Gasteiger partial charge in [0, 0.05) is 23.7 Å². The van der Waals surface area contributed by atoms with Gasteiger partial charge in [-0.25, -0.2) is 4.79 Å². The zero-order valence-corrected chi connectivity index (χ0v) is 13.0. The van der Waals surface area contributed by atoms with Crippen molar-refractivity contribution in [1.29, 1.82) is 5.26 Å². The molecule has 0 aliphatic heterocycles. The Morgan fingerprint density at radius 2 is 2.17 bits per heavy atom. The van der Waals surface area contributed by atoms with E-state index < -0.39 is 6.09 Å². The molecule has 0 atom stereocenters. The molecule has 1 aliphatic carbocycles. The van der Waals surface area contributed by atoms with E-state index >= 15 is 0 Å². The highest BCUT2D eigenvalue weighted by atomic mass is 16.5. The van der Waals surface area contributed by atoms with Crippen molar-refractivity contribution in [2.24, 2.45) is 5.41 Å². The average molecular weight is 323 g/mol. The summed E-state index contributed by atoms with van der Waals surface area (Å²) in [6, 6.07) is 11.3. The molecule has 1 heterocycles. The summed E-state index contributed by atoms with van der Waals surface area (Å²) in [6.45, 7) is 0.857. The lowest BCUT2D eigenvalue weighted by Crippen LogP contribution is -2.31. The molecule has 0 radical (unpaired) electrons. The molecule has 2 aromatic rings. The van der Waals surface area contributed by atoms with E-state index in [0.29, 0.717) is 24.5 Å². The Morgan fingerprint density at radius 1 is 1.33 bits per heavy atom. The number of carboxylic acid groups (broad SMARTS) is 1. The van der Waals surface area contributed by atoms with Gasteiger partial charge in [-0.2, -0.15) is 5.26 Å². The van der Waals surface area contributed by atoms with Crippen LogP contribution >= 0.6 is 0 Å². The van der Waals surface area contributed by atoms with Gasteiger partial charge in [0.25, 0.3) is 0 Å². The molecule has 0 spiro atoms. The Labute approximate surface area is 139 Å². The zero-order valence-electron chi connectivity index (χ0n) is 13.0. The standard InChI is InChI=1S/C18H17N3O3/c19-8-13-2-1-3-14(6-13)15-7-16(10-20-9-15)24-12-18(4-5-18)11-21-17(22)23/h1-3,6-7,9-10,21H,4-5,11-12H2,(H,22,23). The number of pyridine rings is 1. The third kappa shape index (κ3) is 3.82. The van der Waals surface area contributed by atoms with E-state index in [4.69, 9.17) is 15.1 Å². The van der Waals surface area contributed by atoms with Crippen LogP contribution in [-0.2, 0) is 0 Å². The van der Waals surface area contributed by atoms with Crippen molar-refractivity contribution in [1.82, 2.24) is 10.3 Å². The van der Waals surface area contributed by atoms with E-state index in [1.165, 1.54) is 0 Å². The number of aromatic nitrogens is 1. The summed E-state index contributed by atoms with van der Waals surface area (Å²) >= 11 is 0. The number of hydrogen-bond acceptors (Lipinski definition) is 4. The maximum absolute atomic E-state index is 10.6. The highest BCUT2D eigenvalue weighted by Crippen LogP contribution is 2.45. The van der Waals surface area contributed by atoms with Crippen LogP contribution in [0.25, 0.3) is 11.1 Å². The largest absolute Gasteiger partial charge is 0.491 e. The minimum absolute atomic E-state index is 0.102. The van der Waals surface area contributed by atoms with Crippen LogP contribution in [0.15, 0.2) is 42.7 Å². The number of nitrogens with one attached hydrogen (secondary N) is 1.